The number of phenolic OH excluding ortho intramolecular Hbond substituents is 1. The van der Waals surface area contributed by atoms with Gasteiger partial charge in [-0.1, -0.05) is 23.5 Å². The molecule has 2 aliphatic rings. The summed E-state index contributed by atoms with van der Waals surface area (Å²) in [6.07, 6.45) is 6.56. The van der Waals surface area contributed by atoms with E-state index in [1.165, 1.54) is 31.0 Å². The van der Waals surface area contributed by atoms with Crippen LogP contribution >= 0.6 is 23.5 Å². The number of aromatic nitrogens is 3. The van der Waals surface area contributed by atoms with Gasteiger partial charge >= 0.3 is 0 Å². The van der Waals surface area contributed by atoms with E-state index < -0.39 is 5.82 Å². The molecular formula is C25H24ClFN4OS. The van der Waals surface area contributed by atoms with E-state index in [4.69, 9.17) is 16.6 Å². The lowest BCUT2D eigenvalue weighted by atomic mass is 10.0. The molecule has 8 heteroatoms. The fourth-order valence-corrected chi connectivity index (χ4v) is 6.35. The summed E-state index contributed by atoms with van der Waals surface area (Å²) in [6.45, 7) is 4.17. The smallest absolute Gasteiger partial charge is 0.133 e. The predicted molar refractivity (Wildman–Crippen MR) is 132 cm³/mol. The Bertz CT molecular complexity index is 1380. The predicted octanol–water partition coefficient (Wildman–Crippen LogP) is 6.51. The normalized spacial score (nSPS) is 17.9. The Morgan fingerprint density at radius 3 is 2.58 bits per heavy atom. The number of halogens is 2. The maximum atomic E-state index is 15.1. The van der Waals surface area contributed by atoms with Crippen molar-refractivity contribution in [2.45, 2.75) is 43.9 Å². The minimum atomic E-state index is -0.393. The summed E-state index contributed by atoms with van der Waals surface area (Å²) in [5.41, 5.74) is 3.36. The number of pyridine rings is 1. The zero-order chi connectivity index (χ0) is 22.7. The van der Waals surface area contributed by atoms with Crippen LogP contribution in [-0.2, 0) is 0 Å². The lowest BCUT2D eigenvalue weighted by Crippen LogP contribution is -2.30. The molecule has 1 aliphatic carbocycles. The van der Waals surface area contributed by atoms with Crippen molar-refractivity contribution in [2.75, 3.05) is 13.1 Å². The first-order valence-corrected chi connectivity index (χ1v) is 12.6. The number of rotatable bonds is 4. The first kappa shape index (κ1) is 21.2. The molecule has 2 aromatic heterocycles. The Kier molecular flexibility index (Phi) is 5.24. The van der Waals surface area contributed by atoms with Crippen molar-refractivity contribution in [1.29, 1.82) is 0 Å². The van der Waals surface area contributed by atoms with E-state index in [9.17, 15) is 5.11 Å². The van der Waals surface area contributed by atoms with Crippen LogP contribution in [-0.4, -0.2) is 42.3 Å². The summed E-state index contributed by atoms with van der Waals surface area (Å²) in [5.74, 6) is 0.616. The Hall–Kier alpha value is -2.35. The standard InChI is InChI=1S/C25H24ClFN4OS/c1-14-29-24-13-28-23-12-22(27)19(18-5-2-16(32)10-21(18)26)11-20(23)25(24)31(14)15-6-8-30(9-7-15)33-17-3-4-17/h2,5,10-13,15,17,32H,3-4,6-9H2,1H3. The second kappa shape index (κ2) is 8.15. The lowest BCUT2D eigenvalue weighted by Gasteiger charge is -2.32. The van der Waals surface area contributed by atoms with Crippen molar-refractivity contribution >= 4 is 45.5 Å². The highest BCUT2D eigenvalue weighted by Crippen LogP contribution is 2.41. The Labute approximate surface area is 200 Å². The second-order valence-corrected chi connectivity index (χ2v) is 10.8. The SMILES string of the molecule is Cc1nc2cnc3cc(F)c(-c4ccc(O)cc4Cl)cc3c2n1C1CCN(SC2CC2)CC1. The topological polar surface area (TPSA) is 54.2 Å². The van der Waals surface area contributed by atoms with Crippen LogP contribution in [0, 0.1) is 12.7 Å². The monoisotopic (exact) mass is 482 g/mol. The van der Waals surface area contributed by atoms with Crippen LogP contribution < -0.4 is 0 Å². The molecule has 0 spiro atoms. The molecule has 0 bridgehead atoms. The maximum absolute atomic E-state index is 15.1. The van der Waals surface area contributed by atoms with Crippen molar-refractivity contribution in [2.24, 2.45) is 0 Å². The molecule has 1 N–H and O–H groups in total. The maximum Gasteiger partial charge on any atom is 0.133 e. The molecule has 0 radical (unpaired) electrons. The zero-order valence-electron chi connectivity index (χ0n) is 18.3. The highest BCUT2D eigenvalue weighted by atomic mass is 35.5. The largest absolute Gasteiger partial charge is 0.508 e. The van der Waals surface area contributed by atoms with Gasteiger partial charge in [-0.3, -0.25) is 9.29 Å². The third kappa shape index (κ3) is 3.86. The molecule has 6 rings (SSSR count). The molecule has 1 saturated carbocycles. The third-order valence-corrected chi connectivity index (χ3v) is 8.38. The number of phenols is 1. The Morgan fingerprint density at radius 1 is 1.06 bits per heavy atom. The van der Waals surface area contributed by atoms with Gasteiger partial charge in [0.2, 0.25) is 0 Å². The molecule has 0 amide bonds. The van der Waals surface area contributed by atoms with Crippen LogP contribution in [0.5, 0.6) is 5.75 Å². The van der Waals surface area contributed by atoms with Crippen LogP contribution in [0.2, 0.25) is 5.02 Å². The van der Waals surface area contributed by atoms with Crippen LogP contribution in [0.25, 0.3) is 33.1 Å². The van der Waals surface area contributed by atoms with E-state index in [-0.39, 0.29) is 5.75 Å². The number of nitrogens with zero attached hydrogens (tertiary/aromatic N) is 4. The molecule has 170 valence electrons. The van der Waals surface area contributed by atoms with E-state index in [2.05, 4.69) is 13.9 Å². The van der Waals surface area contributed by atoms with E-state index in [0.29, 0.717) is 27.7 Å². The number of hydrogen-bond acceptors (Lipinski definition) is 5. The number of hydrogen-bond donors (Lipinski definition) is 1. The van der Waals surface area contributed by atoms with Crippen molar-refractivity contribution < 1.29 is 9.50 Å². The molecule has 4 aromatic rings. The molecule has 2 aromatic carbocycles. The van der Waals surface area contributed by atoms with Gasteiger partial charge in [-0.25, -0.2) is 9.37 Å². The number of fused-ring (bicyclic) bond motifs is 3. The van der Waals surface area contributed by atoms with Crippen LogP contribution in [0.15, 0.2) is 36.5 Å². The summed E-state index contributed by atoms with van der Waals surface area (Å²) in [7, 11) is 0. The zero-order valence-corrected chi connectivity index (χ0v) is 19.8. The quantitative estimate of drug-likeness (QED) is 0.336. The van der Waals surface area contributed by atoms with Gasteiger partial charge in [0, 0.05) is 47.0 Å². The van der Waals surface area contributed by atoms with Gasteiger partial charge in [-0.2, -0.15) is 0 Å². The highest BCUT2D eigenvalue weighted by molar-refractivity contribution is 7.97. The van der Waals surface area contributed by atoms with Gasteiger partial charge in [-0.05, 0) is 56.9 Å². The number of aromatic hydroxyl groups is 1. The molecule has 1 saturated heterocycles. The molecule has 1 aliphatic heterocycles. The van der Waals surface area contributed by atoms with Crippen LogP contribution in [0.1, 0.15) is 37.5 Å². The van der Waals surface area contributed by atoms with Gasteiger partial charge < -0.3 is 9.67 Å². The summed E-state index contributed by atoms with van der Waals surface area (Å²) in [4.78, 5) is 9.29. The Balaban J connectivity index is 1.46. The van der Waals surface area contributed by atoms with Crippen molar-refractivity contribution in [1.82, 2.24) is 18.8 Å². The third-order valence-electron chi connectivity index (χ3n) is 6.63. The number of imidazole rings is 1. The van der Waals surface area contributed by atoms with E-state index in [1.54, 1.807) is 12.3 Å². The summed E-state index contributed by atoms with van der Waals surface area (Å²) in [5, 5.41) is 11.7. The van der Waals surface area contributed by atoms with E-state index >= 15 is 4.39 Å². The fourth-order valence-electron chi connectivity index (χ4n) is 4.88. The molecular weight excluding hydrogens is 459 g/mol. The molecule has 3 heterocycles. The van der Waals surface area contributed by atoms with Gasteiger partial charge in [-0.15, -0.1) is 0 Å². The number of benzene rings is 2. The molecule has 0 atom stereocenters. The van der Waals surface area contributed by atoms with E-state index in [0.717, 1.165) is 53.4 Å². The number of piperidine rings is 1. The summed E-state index contributed by atoms with van der Waals surface area (Å²) < 4.78 is 20.0. The van der Waals surface area contributed by atoms with Gasteiger partial charge in [0.15, 0.2) is 0 Å². The van der Waals surface area contributed by atoms with Gasteiger partial charge in [0.25, 0.3) is 0 Å². The average molecular weight is 483 g/mol. The van der Waals surface area contributed by atoms with Gasteiger partial charge in [0.05, 0.1) is 22.3 Å². The summed E-state index contributed by atoms with van der Waals surface area (Å²) in [6, 6.07) is 8.24. The van der Waals surface area contributed by atoms with Crippen LogP contribution in [0.3, 0.4) is 0 Å². The fraction of sp³-hybridized carbons (Fsp3) is 0.360. The second-order valence-electron chi connectivity index (χ2n) is 9.00. The molecule has 2 fully saturated rings. The van der Waals surface area contributed by atoms with Crippen molar-refractivity contribution in [3.8, 4) is 16.9 Å². The first-order valence-electron chi connectivity index (χ1n) is 11.4. The van der Waals surface area contributed by atoms with Crippen molar-refractivity contribution in [3.63, 3.8) is 0 Å². The first-order chi connectivity index (χ1) is 16.0. The van der Waals surface area contributed by atoms with Crippen LogP contribution in [0.4, 0.5) is 4.39 Å². The average Bonchev–Trinajstić information content (AvgIpc) is 3.54. The molecule has 33 heavy (non-hydrogen) atoms. The van der Waals surface area contributed by atoms with Crippen molar-refractivity contribution in [3.05, 3.63) is 53.2 Å². The molecule has 5 nitrogen and oxygen atoms in total. The van der Waals surface area contributed by atoms with Gasteiger partial charge in [0.1, 0.15) is 22.9 Å². The van der Waals surface area contributed by atoms with E-state index in [1.807, 2.05) is 24.9 Å². The minimum Gasteiger partial charge on any atom is -0.508 e. The number of aryl methyl sites for hydroxylation is 1. The highest BCUT2D eigenvalue weighted by Gasteiger charge is 2.30. The molecule has 0 unspecified atom stereocenters. The lowest BCUT2D eigenvalue weighted by molar-refractivity contribution is 0.292. The Morgan fingerprint density at radius 2 is 1.85 bits per heavy atom. The minimum absolute atomic E-state index is 0.0499. The summed E-state index contributed by atoms with van der Waals surface area (Å²) >= 11 is 8.38.